The highest BCUT2D eigenvalue weighted by Gasteiger charge is 2.48. The molecule has 10 heteroatoms. The van der Waals surface area contributed by atoms with Crippen LogP contribution < -0.4 is 10.4 Å². The fourth-order valence-corrected chi connectivity index (χ4v) is 2.72. The number of aryl methyl sites for hydroxylation is 1. The number of carboxylic acid groups (broad SMARTS) is 1. The van der Waals surface area contributed by atoms with Gasteiger partial charge in [-0.05, 0) is 24.6 Å². The standard InChI is InChI=1S/C16H16O10/c1-5-4-8(17)25-13-6(5)2-3-7(9(13)18)24-16-12(21)10(19)11(20)14(26-16)15(22)23/h2-4,10-12,14,16,18-21H,1H3,(H,22,23). The van der Waals surface area contributed by atoms with Crippen molar-refractivity contribution < 1.29 is 44.2 Å². The van der Waals surface area contributed by atoms with E-state index in [4.69, 9.17) is 19.0 Å². The second-order valence-electron chi connectivity index (χ2n) is 5.89. The zero-order valence-corrected chi connectivity index (χ0v) is 13.4. The number of aliphatic carboxylic acids is 1. The molecule has 1 aromatic carbocycles. The van der Waals surface area contributed by atoms with Crippen LogP contribution in [0.5, 0.6) is 11.5 Å². The van der Waals surface area contributed by atoms with E-state index in [9.17, 15) is 30.0 Å². The fourth-order valence-electron chi connectivity index (χ4n) is 2.72. The molecule has 0 radical (unpaired) electrons. The first-order chi connectivity index (χ1) is 12.2. The molecular weight excluding hydrogens is 352 g/mol. The van der Waals surface area contributed by atoms with E-state index in [0.29, 0.717) is 10.9 Å². The SMILES string of the molecule is Cc1cc(=O)oc2c(O)c(OC3OC(C(=O)O)C(O)C(O)C3O)ccc12. The van der Waals surface area contributed by atoms with Crippen molar-refractivity contribution in [3.63, 3.8) is 0 Å². The largest absolute Gasteiger partial charge is 0.502 e. The van der Waals surface area contributed by atoms with Gasteiger partial charge in [-0.3, -0.25) is 0 Å². The average Bonchev–Trinajstić information content (AvgIpc) is 2.57. The van der Waals surface area contributed by atoms with Crippen LogP contribution in [-0.2, 0) is 9.53 Å². The zero-order chi connectivity index (χ0) is 19.2. The van der Waals surface area contributed by atoms with Crippen LogP contribution in [0.4, 0.5) is 0 Å². The number of rotatable bonds is 3. The average molecular weight is 368 g/mol. The topological polar surface area (TPSA) is 167 Å². The van der Waals surface area contributed by atoms with Crippen LogP contribution in [0.1, 0.15) is 5.56 Å². The first kappa shape index (κ1) is 18.1. The molecule has 0 amide bonds. The van der Waals surface area contributed by atoms with Gasteiger partial charge in [0.25, 0.3) is 0 Å². The minimum absolute atomic E-state index is 0.159. The maximum absolute atomic E-state index is 11.5. The second-order valence-corrected chi connectivity index (χ2v) is 5.89. The van der Waals surface area contributed by atoms with Gasteiger partial charge in [0.2, 0.25) is 12.0 Å². The first-order valence-corrected chi connectivity index (χ1v) is 7.56. The van der Waals surface area contributed by atoms with Crippen molar-refractivity contribution >= 4 is 16.9 Å². The van der Waals surface area contributed by atoms with Gasteiger partial charge in [0.05, 0.1) is 0 Å². The van der Waals surface area contributed by atoms with Gasteiger partial charge in [-0.25, -0.2) is 9.59 Å². The van der Waals surface area contributed by atoms with Gasteiger partial charge < -0.3 is 39.4 Å². The van der Waals surface area contributed by atoms with Gasteiger partial charge in [0.1, 0.15) is 18.3 Å². The summed E-state index contributed by atoms with van der Waals surface area (Å²) in [5.41, 5.74) is -0.300. The zero-order valence-electron chi connectivity index (χ0n) is 13.4. The van der Waals surface area contributed by atoms with Gasteiger partial charge >= 0.3 is 11.6 Å². The molecule has 1 aliphatic heterocycles. The molecule has 2 heterocycles. The second kappa shape index (κ2) is 6.57. The smallest absolute Gasteiger partial charge is 0.336 e. The summed E-state index contributed by atoms with van der Waals surface area (Å²) in [5.74, 6) is -2.41. The van der Waals surface area contributed by atoms with E-state index in [1.807, 2.05) is 0 Å². The summed E-state index contributed by atoms with van der Waals surface area (Å²) in [4.78, 5) is 22.6. The molecule has 0 saturated carbocycles. The molecule has 0 spiro atoms. The third-order valence-corrected chi connectivity index (χ3v) is 4.11. The number of phenols is 1. The molecule has 1 saturated heterocycles. The van der Waals surface area contributed by atoms with Crippen LogP contribution >= 0.6 is 0 Å². The fraction of sp³-hybridized carbons (Fsp3) is 0.375. The molecule has 2 aromatic rings. The summed E-state index contributed by atoms with van der Waals surface area (Å²) in [7, 11) is 0. The Kier molecular flexibility index (Phi) is 4.59. The lowest BCUT2D eigenvalue weighted by Crippen LogP contribution is -2.61. The van der Waals surface area contributed by atoms with Gasteiger partial charge in [0, 0.05) is 11.5 Å². The quantitative estimate of drug-likeness (QED) is 0.427. The van der Waals surface area contributed by atoms with E-state index in [-0.39, 0.29) is 11.3 Å². The van der Waals surface area contributed by atoms with Crippen molar-refractivity contribution in [1.82, 2.24) is 0 Å². The summed E-state index contributed by atoms with van der Waals surface area (Å²) < 4.78 is 15.2. The molecule has 140 valence electrons. The summed E-state index contributed by atoms with van der Waals surface area (Å²) in [6, 6.07) is 4.03. The normalized spacial score (nSPS) is 28.8. The molecule has 10 nitrogen and oxygen atoms in total. The Labute approximate surface area is 145 Å². The molecule has 26 heavy (non-hydrogen) atoms. The predicted octanol–water partition coefficient (Wildman–Crippen LogP) is -0.922. The number of aliphatic hydroxyl groups is 3. The molecule has 1 aliphatic rings. The summed E-state index contributed by atoms with van der Waals surface area (Å²) in [6.07, 6.45) is -9.05. The van der Waals surface area contributed by atoms with Crippen molar-refractivity contribution in [2.24, 2.45) is 0 Å². The molecule has 1 aromatic heterocycles. The van der Waals surface area contributed by atoms with Crippen LogP contribution in [0.2, 0.25) is 0 Å². The summed E-state index contributed by atoms with van der Waals surface area (Å²) >= 11 is 0. The lowest BCUT2D eigenvalue weighted by molar-refractivity contribution is -0.271. The number of aromatic hydroxyl groups is 1. The summed E-state index contributed by atoms with van der Waals surface area (Å²) in [5, 5.41) is 49.1. The first-order valence-electron chi connectivity index (χ1n) is 7.56. The number of carboxylic acids is 1. The molecule has 1 fully saturated rings. The predicted molar refractivity (Wildman–Crippen MR) is 83.8 cm³/mol. The number of aliphatic hydroxyl groups excluding tert-OH is 3. The lowest BCUT2D eigenvalue weighted by atomic mass is 9.99. The molecule has 5 atom stereocenters. The number of carbonyl (C=O) groups is 1. The van der Waals surface area contributed by atoms with Gasteiger partial charge in [-0.15, -0.1) is 0 Å². The molecule has 5 N–H and O–H groups in total. The molecule has 3 rings (SSSR count). The van der Waals surface area contributed by atoms with Gasteiger partial charge in [-0.2, -0.15) is 0 Å². The number of hydrogen-bond acceptors (Lipinski definition) is 9. The minimum atomic E-state index is -1.87. The van der Waals surface area contributed by atoms with E-state index in [1.165, 1.54) is 18.2 Å². The van der Waals surface area contributed by atoms with Crippen LogP contribution in [0, 0.1) is 6.92 Å². The van der Waals surface area contributed by atoms with Crippen molar-refractivity contribution in [1.29, 1.82) is 0 Å². The Morgan fingerprint density at radius 2 is 1.85 bits per heavy atom. The Bertz CT molecular complexity index is 904. The molecule has 0 aliphatic carbocycles. The van der Waals surface area contributed by atoms with Crippen LogP contribution in [0.25, 0.3) is 11.0 Å². The highest BCUT2D eigenvalue weighted by atomic mass is 16.7. The maximum atomic E-state index is 11.5. The van der Waals surface area contributed by atoms with Gasteiger partial charge in [0.15, 0.2) is 17.4 Å². The molecule has 5 unspecified atom stereocenters. The Morgan fingerprint density at radius 3 is 2.50 bits per heavy atom. The Balaban J connectivity index is 1.96. The Morgan fingerprint density at radius 1 is 1.15 bits per heavy atom. The van der Waals surface area contributed by atoms with Gasteiger partial charge in [-0.1, -0.05) is 0 Å². The van der Waals surface area contributed by atoms with E-state index in [0.717, 1.165) is 0 Å². The van der Waals surface area contributed by atoms with Crippen molar-refractivity contribution in [3.05, 3.63) is 34.2 Å². The number of phenolic OH excluding ortho intramolecular Hbond substituents is 1. The van der Waals surface area contributed by atoms with Crippen LogP contribution in [0.3, 0.4) is 0 Å². The van der Waals surface area contributed by atoms with Crippen molar-refractivity contribution in [2.75, 3.05) is 0 Å². The third kappa shape index (κ3) is 2.99. The lowest BCUT2D eigenvalue weighted by Gasteiger charge is -2.38. The maximum Gasteiger partial charge on any atom is 0.336 e. The highest BCUT2D eigenvalue weighted by molar-refractivity contribution is 5.87. The van der Waals surface area contributed by atoms with Crippen LogP contribution in [0.15, 0.2) is 27.4 Å². The number of fused-ring (bicyclic) bond motifs is 1. The van der Waals surface area contributed by atoms with Crippen molar-refractivity contribution in [2.45, 2.75) is 37.6 Å². The minimum Gasteiger partial charge on any atom is -0.502 e. The third-order valence-electron chi connectivity index (χ3n) is 4.11. The number of ether oxygens (including phenoxy) is 2. The summed E-state index contributed by atoms with van der Waals surface area (Å²) in [6.45, 7) is 1.64. The monoisotopic (exact) mass is 368 g/mol. The Hall–Kier alpha value is -2.66. The van der Waals surface area contributed by atoms with E-state index in [1.54, 1.807) is 6.92 Å². The molecular formula is C16H16O10. The number of benzene rings is 1. The highest BCUT2D eigenvalue weighted by Crippen LogP contribution is 2.36. The van der Waals surface area contributed by atoms with Crippen molar-refractivity contribution in [3.8, 4) is 11.5 Å². The van der Waals surface area contributed by atoms with E-state index < -0.39 is 48.1 Å². The van der Waals surface area contributed by atoms with Crippen LogP contribution in [-0.4, -0.2) is 62.2 Å². The molecule has 0 bridgehead atoms. The van der Waals surface area contributed by atoms with E-state index in [2.05, 4.69) is 0 Å². The number of hydrogen-bond donors (Lipinski definition) is 5. The van der Waals surface area contributed by atoms with E-state index >= 15 is 0 Å².